The molecule has 0 saturated carbocycles. The van der Waals surface area contributed by atoms with Crippen molar-refractivity contribution in [2.75, 3.05) is 30.5 Å². The number of fused-ring (bicyclic) bond motifs is 1. The molecule has 178 valence electrons. The van der Waals surface area contributed by atoms with E-state index in [9.17, 15) is 9.59 Å². The number of amides is 2. The zero-order valence-corrected chi connectivity index (χ0v) is 20.5. The molecule has 1 N–H and O–H groups in total. The van der Waals surface area contributed by atoms with Crippen molar-refractivity contribution in [1.29, 1.82) is 0 Å². The van der Waals surface area contributed by atoms with Gasteiger partial charge in [-0.3, -0.25) is 24.8 Å². The number of rotatable bonds is 7. The number of pyridine rings is 1. The molecule has 0 unspecified atom stereocenters. The highest BCUT2D eigenvalue weighted by atomic mass is 32.1. The standard InChI is InChI=1S/C23H20N6O4S2/c1-13-21(26-22(34-13)15-5-3-4-8-24-15)14-6-7-17-16(9-14)29(20(31)12-33-17)10-18(30)25-23-28-27-19(35-23)11-32-2/h3-9H,10-12H2,1-2H3,(H,25,28,30). The van der Waals surface area contributed by atoms with E-state index in [1.165, 1.54) is 16.2 Å². The second kappa shape index (κ2) is 9.86. The van der Waals surface area contributed by atoms with Gasteiger partial charge in [-0.1, -0.05) is 17.4 Å². The number of carbonyl (C=O) groups excluding carboxylic acids is 2. The SMILES string of the molecule is COCc1nnc(NC(=O)CN2C(=O)COc3ccc(-c4nc(-c5ccccn5)sc4C)cc32)s1. The molecule has 1 aromatic carbocycles. The predicted octanol–water partition coefficient (Wildman–Crippen LogP) is 3.54. The molecule has 12 heteroatoms. The Balaban J connectivity index is 1.40. The number of hydrogen-bond donors (Lipinski definition) is 1. The van der Waals surface area contributed by atoms with E-state index in [0.29, 0.717) is 28.2 Å². The summed E-state index contributed by atoms with van der Waals surface area (Å²) in [6.07, 6.45) is 1.73. The van der Waals surface area contributed by atoms with Crippen LogP contribution in [0.15, 0.2) is 42.6 Å². The summed E-state index contributed by atoms with van der Waals surface area (Å²) in [5, 5.41) is 12.4. The number of thiazole rings is 1. The normalized spacial score (nSPS) is 12.9. The Kier molecular flexibility index (Phi) is 6.49. The first-order valence-corrected chi connectivity index (χ1v) is 12.2. The lowest BCUT2D eigenvalue weighted by Gasteiger charge is -2.29. The number of ether oxygens (including phenoxy) is 2. The van der Waals surface area contributed by atoms with Gasteiger partial charge in [0.15, 0.2) is 6.61 Å². The van der Waals surface area contributed by atoms with Crippen LogP contribution in [0.1, 0.15) is 9.88 Å². The van der Waals surface area contributed by atoms with Crippen molar-refractivity contribution in [3.8, 4) is 27.7 Å². The van der Waals surface area contributed by atoms with E-state index in [1.54, 1.807) is 30.7 Å². The second-order valence-corrected chi connectivity index (χ2v) is 9.84. The molecular weight excluding hydrogens is 488 g/mol. The molecule has 0 saturated heterocycles. The van der Waals surface area contributed by atoms with Crippen LogP contribution in [-0.2, 0) is 20.9 Å². The fourth-order valence-electron chi connectivity index (χ4n) is 3.57. The van der Waals surface area contributed by atoms with E-state index in [4.69, 9.17) is 14.5 Å². The maximum Gasteiger partial charge on any atom is 0.265 e. The second-order valence-electron chi connectivity index (χ2n) is 7.57. The fourth-order valence-corrected chi connectivity index (χ4v) is 5.21. The van der Waals surface area contributed by atoms with E-state index in [-0.39, 0.29) is 25.0 Å². The fraction of sp³-hybridized carbons (Fsp3) is 0.217. The van der Waals surface area contributed by atoms with Crippen molar-refractivity contribution in [3.63, 3.8) is 0 Å². The summed E-state index contributed by atoms with van der Waals surface area (Å²) < 4.78 is 10.6. The van der Waals surface area contributed by atoms with Gasteiger partial charge in [0, 0.05) is 23.7 Å². The summed E-state index contributed by atoms with van der Waals surface area (Å²) in [5.41, 5.74) is 2.92. The summed E-state index contributed by atoms with van der Waals surface area (Å²) in [6, 6.07) is 11.2. The monoisotopic (exact) mass is 508 g/mol. The van der Waals surface area contributed by atoms with Gasteiger partial charge in [0.1, 0.15) is 28.9 Å². The minimum Gasteiger partial charge on any atom is -0.482 e. The van der Waals surface area contributed by atoms with Crippen LogP contribution in [0.3, 0.4) is 0 Å². The quantitative estimate of drug-likeness (QED) is 0.403. The summed E-state index contributed by atoms with van der Waals surface area (Å²) in [5.74, 6) is -0.178. The Morgan fingerprint density at radius 1 is 1.23 bits per heavy atom. The Morgan fingerprint density at radius 3 is 2.91 bits per heavy atom. The van der Waals surface area contributed by atoms with Gasteiger partial charge in [0.25, 0.3) is 5.91 Å². The van der Waals surface area contributed by atoms with Gasteiger partial charge in [-0.25, -0.2) is 4.98 Å². The van der Waals surface area contributed by atoms with E-state index < -0.39 is 0 Å². The molecule has 3 aromatic heterocycles. The summed E-state index contributed by atoms with van der Waals surface area (Å²) >= 11 is 2.76. The van der Waals surface area contributed by atoms with Crippen LogP contribution >= 0.6 is 22.7 Å². The van der Waals surface area contributed by atoms with Crippen molar-refractivity contribution < 1.29 is 19.1 Å². The highest BCUT2D eigenvalue weighted by Crippen LogP contribution is 2.39. The van der Waals surface area contributed by atoms with Crippen LogP contribution in [0.5, 0.6) is 5.75 Å². The average molecular weight is 509 g/mol. The Bertz CT molecular complexity index is 1390. The molecule has 4 heterocycles. The van der Waals surface area contributed by atoms with Crippen molar-refractivity contribution >= 4 is 45.3 Å². The number of benzene rings is 1. The minimum atomic E-state index is -0.390. The predicted molar refractivity (Wildman–Crippen MR) is 133 cm³/mol. The van der Waals surface area contributed by atoms with Crippen LogP contribution in [0.2, 0.25) is 0 Å². The first kappa shape index (κ1) is 23.0. The van der Waals surface area contributed by atoms with Gasteiger partial charge in [0.05, 0.1) is 17.1 Å². The van der Waals surface area contributed by atoms with Crippen molar-refractivity contribution in [2.24, 2.45) is 0 Å². The molecule has 1 aliphatic heterocycles. The van der Waals surface area contributed by atoms with Gasteiger partial charge in [-0.05, 0) is 37.3 Å². The first-order chi connectivity index (χ1) is 17.0. The number of aromatic nitrogens is 4. The molecule has 4 aromatic rings. The Hall–Kier alpha value is -3.74. The molecule has 0 aliphatic carbocycles. The maximum absolute atomic E-state index is 12.7. The number of nitrogens with zero attached hydrogens (tertiary/aromatic N) is 5. The molecule has 0 radical (unpaired) electrons. The van der Waals surface area contributed by atoms with Crippen LogP contribution in [0.25, 0.3) is 22.0 Å². The lowest BCUT2D eigenvalue weighted by Crippen LogP contribution is -2.43. The van der Waals surface area contributed by atoms with Crippen LogP contribution < -0.4 is 15.0 Å². The Labute approximate surface area is 208 Å². The minimum absolute atomic E-state index is 0.143. The molecule has 0 bridgehead atoms. The molecular formula is C23H20N6O4S2. The zero-order valence-electron chi connectivity index (χ0n) is 18.8. The van der Waals surface area contributed by atoms with Gasteiger partial charge >= 0.3 is 0 Å². The largest absolute Gasteiger partial charge is 0.482 e. The topological polar surface area (TPSA) is 119 Å². The number of aryl methyl sites for hydroxylation is 1. The molecule has 0 spiro atoms. The summed E-state index contributed by atoms with van der Waals surface area (Å²) in [7, 11) is 1.56. The highest BCUT2D eigenvalue weighted by molar-refractivity contribution is 7.15. The van der Waals surface area contributed by atoms with Crippen molar-refractivity contribution in [3.05, 3.63) is 52.5 Å². The third kappa shape index (κ3) is 4.90. The number of carbonyl (C=O) groups is 2. The van der Waals surface area contributed by atoms with E-state index in [1.807, 2.05) is 37.3 Å². The molecule has 0 fully saturated rings. The zero-order chi connectivity index (χ0) is 24.4. The summed E-state index contributed by atoms with van der Waals surface area (Å²) in [6.45, 7) is 1.97. The molecule has 10 nitrogen and oxygen atoms in total. The number of methoxy groups -OCH3 is 1. The third-order valence-corrected chi connectivity index (χ3v) is 6.94. The van der Waals surface area contributed by atoms with Crippen LogP contribution in [0, 0.1) is 6.92 Å². The molecule has 35 heavy (non-hydrogen) atoms. The molecule has 5 rings (SSSR count). The molecule has 0 atom stereocenters. The van der Waals surface area contributed by atoms with Gasteiger partial charge in [-0.2, -0.15) is 0 Å². The first-order valence-electron chi connectivity index (χ1n) is 10.6. The van der Waals surface area contributed by atoms with Crippen molar-refractivity contribution in [2.45, 2.75) is 13.5 Å². The molecule has 1 aliphatic rings. The van der Waals surface area contributed by atoms with E-state index in [0.717, 1.165) is 26.8 Å². The van der Waals surface area contributed by atoms with Crippen LogP contribution in [-0.4, -0.2) is 52.2 Å². The van der Waals surface area contributed by atoms with Gasteiger partial charge in [0.2, 0.25) is 11.0 Å². The number of hydrogen-bond acceptors (Lipinski definition) is 10. The highest BCUT2D eigenvalue weighted by Gasteiger charge is 2.28. The lowest BCUT2D eigenvalue weighted by molar-refractivity contribution is -0.123. The van der Waals surface area contributed by atoms with Gasteiger partial charge < -0.3 is 9.47 Å². The molecule has 2 amide bonds. The van der Waals surface area contributed by atoms with Crippen LogP contribution in [0.4, 0.5) is 10.8 Å². The van der Waals surface area contributed by atoms with Gasteiger partial charge in [-0.15, -0.1) is 21.5 Å². The number of nitrogens with one attached hydrogen (secondary N) is 1. The summed E-state index contributed by atoms with van der Waals surface area (Å²) in [4.78, 5) is 37.0. The average Bonchev–Trinajstić information content (AvgIpc) is 3.47. The Morgan fingerprint density at radius 2 is 2.11 bits per heavy atom. The third-order valence-electron chi connectivity index (χ3n) is 5.14. The smallest absolute Gasteiger partial charge is 0.265 e. The van der Waals surface area contributed by atoms with Crippen molar-refractivity contribution in [1.82, 2.24) is 20.2 Å². The van der Waals surface area contributed by atoms with E-state index in [2.05, 4.69) is 20.5 Å². The number of anilines is 2. The van der Waals surface area contributed by atoms with E-state index >= 15 is 0 Å². The lowest BCUT2D eigenvalue weighted by atomic mass is 10.1. The maximum atomic E-state index is 12.7.